The Bertz CT molecular complexity index is 431. The van der Waals surface area contributed by atoms with E-state index >= 15 is 0 Å². The lowest BCUT2D eigenvalue weighted by Gasteiger charge is -2.24. The minimum Gasteiger partial charge on any atom is -0.377 e. The zero-order valence-electron chi connectivity index (χ0n) is 10.5. The van der Waals surface area contributed by atoms with Crippen molar-refractivity contribution in [3.63, 3.8) is 0 Å². The van der Waals surface area contributed by atoms with Crippen molar-refractivity contribution in [2.45, 2.75) is 30.2 Å². The largest absolute Gasteiger partial charge is 0.377 e. The van der Waals surface area contributed by atoms with Gasteiger partial charge in [-0.05, 0) is 18.9 Å². The van der Waals surface area contributed by atoms with Crippen LogP contribution in [0.1, 0.15) is 18.9 Å². The highest BCUT2D eigenvalue weighted by atomic mass is 32.2. The number of rotatable bonds is 4. The lowest BCUT2D eigenvalue weighted by molar-refractivity contribution is 0.127. The Hall–Kier alpha value is -1.02. The molecule has 96 valence electrons. The van der Waals surface area contributed by atoms with Crippen LogP contribution in [0.3, 0.4) is 0 Å². The van der Waals surface area contributed by atoms with Gasteiger partial charge in [-0.25, -0.2) is 0 Å². The summed E-state index contributed by atoms with van der Waals surface area (Å²) in [5, 5.41) is 9.81. The van der Waals surface area contributed by atoms with Gasteiger partial charge in [0.1, 0.15) is 5.54 Å². The number of nitriles is 1. The molecular weight excluding hydrogens is 244 g/mol. The van der Waals surface area contributed by atoms with Crippen molar-refractivity contribution in [2.24, 2.45) is 5.73 Å². The van der Waals surface area contributed by atoms with Crippen LogP contribution in [0.25, 0.3) is 0 Å². The number of nitrogens with two attached hydrogens (primary N) is 1. The standard InChI is InChI=1S/C14H18N2OS/c1-11-13(7-8-17-11)18-10-14(16,9-15)12-5-3-2-4-6-12/h2-6,11,13H,7-8,10,16H2,1H3. The first-order valence-electron chi connectivity index (χ1n) is 6.14. The maximum Gasteiger partial charge on any atom is 0.138 e. The molecule has 0 radical (unpaired) electrons. The van der Waals surface area contributed by atoms with E-state index in [2.05, 4.69) is 13.0 Å². The van der Waals surface area contributed by atoms with Crippen molar-refractivity contribution in [1.29, 1.82) is 5.26 Å². The summed E-state index contributed by atoms with van der Waals surface area (Å²) in [6, 6.07) is 11.8. The van der Waals surface area contributed by atoms with Crippen LogP contribution in [-0.2, 0) is 10.3 Å². The normalized spacial score (nSPS) is 26.5. The summed E-state index contributed by atoms with van der Waals surface area (Å²) < 4.78 is 5.53. The molecule has 1 aliphatic heterocycles. The summed E-state index contributed by atoms with van der Waals surface area (Å²) in [6.07, 6.45) is 1.30. The molecule has 4 heteroatoms. The predicted molar refractivity (Wildman–Crippen MR) is 74.2 cm³/mol. The highest BCUT2D eigenvalue weighted by molar-refractivity contribution is 8.00. The molecule has 1 heterocycles. The van der Waals surface area contributed by atoms with Crippen molar-refractivity contribution >= 4 is 11.8 Å². The molecule has 0 aromatic heterocycles. The van der Waals surface area contributed by atoms with Gasteiger partial charge in [-0.15, -0.1) is 0 Å². The van der Waals surface area contributed by atoms with Crippen LogP contribution in [0.5, 0.6) is 0 Å². The van der Waals surface area contributed by atoms with Crippen molar-refractivity contribution in [3.05, 3.63) is 35.9 Å². The topological polar surface area (TPSA) is 59.0 Å². The van der Waals surface area contributed by atoms with E-state index < -0.39 is 5.54 Å². The zero-order valence-corrected chi connectivity index (χ0v) is 11.3. The number of hydrogen-bond donors (Lipinski definition) is 1. The van der Waals surface area contributed by atoms with Crippen molar-refractivity contribution in [2.75, 3.05) is 12.4 Å². The van der Waals surface area contributed by atoms with Gasteiger partial charge in [0.05, 0.1) is 12.2 Å². The van der Waals surface area contributed by atoms with E-state index in [9.17, 15) is 5.26 Å². The highest BCUT2D eigenvalue weighted by Crippen LogP contribution is 2.31. The lowest BCUT2D eigenvalue weighted by atomic mass is 9.95. The summed E-state index contributed by atoms with van der Waals surface area (Å²) >= 11 is 1.75. The fourth-order valence-corrected chi connectivity index (χ4v) is 3.41. The SMILES string of the molecule is CC1OCCC1SCC(N)(C#N)c1ccccc1. The molecule has 3 unspecified atom stereocenters. The average Bonchev–Trinajstić information content (AvgIpc) is 2.83. The van der Waals surface area contributed by atoms with Gasteiger partial charge in [-0.3, -0.25) is 0 Å². The number of hydrogen-bond acceptors (Lipinski definition) is 4. The molecule has 0 bridgehead atoms. The molecule has 2 N–H and O–H groups in total. The van der Waals surface area contributed by atoms with Gasteiger partial charge >= 0.3 is 0 Å². The monoisotopic (exact) mass is 262 g/mol. The third kappa shape index (κ3) is 2.86. The van der Waals surface area contributed by atoms with Crippen LogP contribution in [0.4, 0.5) is 0 Å². The van der Waals surface area contributed by atoms with Crippen LogP contribution in [-0.4, -0.2) is 23.7 Å². The van der Waals surface area contributed by atoms with Crippen molar-refractivity contribution < 1.29 is 4.74 Å². The van der Waals surface area contributed by atoms with E-state index in [-0.39, 0.29) is 6.10 Å². The van der Waals surface area contributed by atoms with Gasteiger partial charge in [0.2, 0.25) is 0 Å². The van der Waals surface area contributed by atoms with Gasteiger partial charge in [0, 0.05) is 17.6 Å². The minimum absolute atomic E-state index is 0.258. The highest BCUT2D eigenvalue weighted by Gasteiger charge is 2.31. The van der Waals surface area contributed by atoms with E-state index in [1.165, 1.54) is 0 Å². The first-order chi connectivity index (χ1) is 8.65. The Balaban J connectivity index is 2.03. The summed E-state index contributed by atoms with van der Waals surface area (Å²) in [5.74, 6) is 0.603. The molecule has 1 aromatic rings. The fraction of sp³-hybridized carbons (Fsp3) is 0.500. The smallest absolute Gasteiger partial charge is 0.138 e. The Morgan fingerprint density at radius 2 is 2.22 bits per heavy atom. The van der Waals surface area contributed by atoms with Crippen LogP contribution in [0, 0.1) is 11.3 Å². The van der Waals surface area contributed by atoms with E-state index in [1.807, 2.05) is 30.3 Å². The molecule has 0 amide bonds. The van der Waals surface area contributed by atoms with Gasteiger partial charge in [-0.1, -0.05) is 30.3 Å². The van der Waals surface area contributed by atoms with E-state index in [1.54, 1.807) is 11.8 Å². The van der Waals surface area contributed by atoms with Gasteiger partial charge < -0.3 is 10.5 Å². The Kier molecular flexibility index (Phi) is 4.28. The van der Waals surface area contributed by atoms with Crippen LogP contribution >= 0.6 is 11.8 Å². The van der Waals surface area contributed by atoms with Gasteiger partial charge in [0.25, 0.3) is 0 Å². The second-order valence-corrected chi connectivity index (χ2v) is 5.89. The van der Waals surface area contributed by atoms with Crippen molar-refractivity contribution in [1.82, 2.24) is 0 Å². The zero-order chi connectivity index (χ0) is 13.0. The van der Waals surface area contributed by atoms with E-state index in [0.29, 0.717) is 11.0 Å². The fourth-order valence-electron chi connectivity index (χ4n) is 2.09. The molecule has 2 rings (SSSR count). The number of nitrogens with zero attached hydrogens (tertiary/aromatic N) is 1. The average molecular weight is 262 g/mol. The second kappa shape index (κ2) is 5.75. The summed E-state index contributed by atoms with van der Waals surface area (Å²) in [6.45, 7) is 2.89. The van der Waals surface area contributed by atoms with Crippen LogP contribution < -0.4 is 5.73 Å². The Morgan fingerprint density at radius 3 is 2.78 bits per heavy atom. The van der Waals surface area contributed by atoms with Gasteiger partial charge in [-0.2, -0.15) is 17.0 Å². The Morgan fingerprint density at radius 1 is 1.50 bits per heavy atom. The molecule has 18 heavy (non-hydrogen) atoms. The molecule has 1 fully saturated rings. The molecule has 0 saturated carbocycles. The molecule has 0 spiro atoms. The second-order valence-electron chi connectivity index (χ2n) is 4.66. The number of ether oxygens (including phenoxy) is 1. The van der Waals surface area contributed by atoms with Gasteiger partial charge in [0.15, 0.2) is 0 Å². The minimum atomic E-state index is -0.908. The quantitative estimate of drug-likeness (QED) is 0.904. The molecule has 3 atom stereocenters. The van der Waals surface area contributed by atoms with Crippen molar-refractivity contribution in [3.8, 4) is 6.07 Å². The first-order valence-corrected chi connectivity index (χ1v) is 7.19. The third-order valence-electron chi connectivity index (χ3n) is 3.32. The third-order valence-corrected chi connectivity index (χ3v) is 4.99. The summed E-state index contributed by atoms with van der Waals surface area (Å²) in [7, 11) is 0. The number of benzene rings is 1. The van der Waals surface area contributed by atoms with Crippen LogP contribution in [0.15, 0.2) is 30.3 Å². The predicted octanol–water partition coefficient (Wildman–Crippen LogP) is 2.27. The molecule has 3 nitrogen and oxygen atoms in total. The van der Waals surface area contributed by atoms with E-state index in [4.69, 9.17) is 10.5 Å². The summed E-state index contributed by atoms with van der Waals surface area (Å²) in [5.41, 5.74) is 6.19. The maximum absolute atomic E-state index is 9.36. The van der Waals surface area contributed by atoms with Crippen LogP contribution in [0.2, 0.25) is 0 Å². The van der Waals surface area contributed by atoms with E-state index in [0.717, 1.165) is 18.6 Å². The molecule has 1 saturated heterocycles. The molecule has 1 aliphatic rings. The number of thioether (sulfide) groups is 1. The lowest BCUT2D eigenvalue weighted by Crippen LogP contribution is -2.38. The molecule has 0 aliphatic carbocycles. The first kappa shape index (κ1) is 13.4. The molecule has 1 aromatic carbocycles. The molecular formula is C14H18N2OS. The maximum atomic E-state index is 9.36. The summed E-state index contributed by atoms with van der Waals surface area (Å²) in [4.78, 5) is 0. The Labute approximate surface area is 112 Å².